The lowest BCUT2D eigenvalue weighted by Gasteiger charge is -2.25. The molecule has 1 atom stereocenters. The zero-order valence-corrected chi connectivity index (χ0v) is 9.62. The van der Waals surface area contributed by atoms with E-state index in [1.165, 1.54) is 0 Å². The number of carboxylic acid groups (broad SMARTS) is 1. The number of hydrogen-bond donors (Lipinski definition) is 2. The molecule has 0 aliphatic carbocycles. The summed E-state index contributed by atoms with van der Waals surface area (Å²) in [5.41, 5.74) is 0. The van der Waals surface area contributed by atoms with Gasteiger partial charge in [-0.15, -0.1) is 0 Å². The van der Waals surface area contributed by atoms with Crippen molar-refractivity contribution in [3.8, 4) is 0 Å². The Morgan fingerprint density at radius 1 is 1.33 bits per heavy atom. The van der Waals surface area contributed by atoms with Crippen molar-refractivity contribution in [3.63, 3.8) is 0 Å². The molecule has 0 aromatic carbocycles. The minimum absolute atomic E-state index is 0.126. The molecule has 1 unspecified atom stereocenters. The van der Waals surface area contributed by atoms with Gasteiger partial charge in [-0.1, -0.05) is 13.8 Å². The van der Waals surface area contributed by atoms with E-state index in [9.17, 15) is 9.59 Å². The molecule has 15 heavy (non-hydrogen) atoms. The third-order valence-corrected chi connectivity index (χ3v) is 2.24. The SMILES string of the molecule is CCNC(=O)CN(CC)C(CC)C(=O)O. The number of amides is 1. The van der Waals surface area contributed by atoms with Gasteiger partial charge in [-0.25, -0.2) is 0 Å². The van der Waals surface area contributed by atoms with Gasteiger partial charge in [-0.3, -0.25) is 14.5 Å². The first kappa shape index (κ1) is 13.9. The standard InChI is InChI=1S/C10H20N2O3/c1-4-8(10(14)15)12(6-3)7-9(13)11-5-2/h8H,4-7H2,1-3H3,(H,11,13)(H,14,15). The fourth-order valence-corrected chi connectivity index (χ4v) is 1.47. The monoisotopic (exact) mass is 216 g/mol. The van der Waals surface area contributed by atoms with Crippen LogP contribution in [-0.4, -0.2) is 47.6 Å². The summed E-state index contributed by atoms with van der Waals surface area (Å²) in [7, 11) is 0. The van der Waals surface area contributed by atoms with Crippen molar-refractivity contribution in [2.75, 3.05) is 19.6 Å². The first-order chi connectivity index (χ1) is 7.06. The van der Waals surface area contributed by atoms with Crippen LogP contribution in [0.5, 0.6) is 0 Å². The molecule has 2 N–H and O–H groups in total. The second-order valence-electron chi connectivity index (χ2n) is 3.28. The average molecular weight is 216 g/mol. The van der Waals surface area contributed by atoms with Crippen LogP contribution in [0.15, 0.2) is 0 Å². The number of likely N-dealkylation sites (N-methyl/N-ethyl adjacent to an activating group) is 2. The van der Waals surface area contributed by atoms with Gasteiger partial charge >= 0.3 is 5.97 Å². The largest absolute Gasteiger partial charge is 0.480 e. The Hall–Kier alpha value is -1.10. The van der Waals surface area contributed by atoms with Crippen molar-refractivity contribution in [2.45, 2.75) is 33.2 Å². The van der Waals surface area contributed by atoms with Crippen LogP contribution in [0.3, 0.4) is 0 Å². The number of aliphatic carboxylic acids is 1. The predicted molar refractivity (Wildman–Crippen MR) is 57.6 cm³/mol. The number of rotatable bonds is 7. The molecular weight excluding hydrogens is 196 g/mol. The van der Waals surface area contributed by atoms with Gasteiger partial charge in [0.25, 0.3) is 0 Å². The van der Waals surface area contributed by atoms with Crippen molar-refractivity contribution in [2.24, 2.45) is 0 Å². The number of carbonyl (C=O) groups is 2. The first-order valence-electron chi connectivity index (χ1n) is 5.30. The molecule has 0 fully saturated rings. The van der Waals surface area contributed by atoms with Crippen molar-refractivity contribution in [1.29, 1.82) is 0 Å². The zero-order chi connectivity index (χ0) is 11.8. The van der Waals surface area contributed by atoms with Crippen LogP contribution >= 0.6 is 0 Å². The Morgan fingerprint density at radius 2 is 1.93 bits per heavy atom. The summed E-state index contributed by atoms with van der Waals surface area (Å²) in [4.78, 5) is 23.9. The van der Waals surface area contributed by atoms with E-state index in [-0.39, 0.29) is 12.5 Å². The molecule has 88 valence electrons. The second kappa shape index (κ2) is 7.23. The molecule has 0 saturated heterocycles. The van der Waals surface area contributed by atoms with Gasteiger partial charge in [0.05, 0.1) is 6.54 Å². The smallest absolute Gasteiger partial charge is 0.320 e. The highest BCUT2D eigenvalue weighted by atomic mass is 16.4. The predicted octanol–water partition coefficient (Wildman–Crippen LogP) is 0.308. The van der Waals surface area contributed by atoms with Gasteiger partial charge in [0.1, 0.15) is 6.04 Å². The first-order valence-corrected chi connectivity index (χ1v) is 5.30. The van der Waals surface area contributed by atoms with Gasteiger partial charge in [0, 0.05) is 6.54 Å². The third kappa shape index (κ3) is 4.78. The van der Waals surface area contributed by atoms with Gasteiger partial charge in [0.15, 0.2) is 0 Å². The van der Waals surface area contributed by atoms with E-state index >= 15 is 0 Å². The van der Waals surface area contributed by atoms with Crippen LogP contribution in [0.1, 0.15) is 27.2 Å². The van der Waals surface area contributed by atoms with Crippen LogP contribution in [0.2, 0.25) is 0 Å². The highest BCUT2D eigenvalue weighted by Gasteiger charge is 2.23. The molecule has 0 radical (unpaired) electrons. The average Bonchev–Trinajstić information content (AvgIpc) is 2.17. The Bertz CT molecular complexity index is 219. The van der Waals surface area contributed by atoms with E-state index in [1.807, 2.05) is 13.8 Å². The number of carbonyl (C=O) groups excluding carboxylic acids is 1. The van der Waals surface area contributed by atoms with Gasteiger partial charge < -0.3 is 10.4 Å². The summed E-state index contributed by atoms with van der Waals surface area (Å²) in [6.07, 6.45) is 0.503. The molecule has 0 aromatic rings. The van der Waals surface area contributed by atoms with Gasteiger partial charge in [0.2, 0.25) is 5.91 Å². The molecular formula is C10H20N2O3. The summed E-state index contributed by atoms with van der Waals surface area (Å²) in [6.45, 7) is 6.77. The molecule has 0 spiro atoms. The highest BCUT2D eigenvalue weighted by molar-refractivity contribution is 5.79. The Kier molecular flexibility index (Phi) is 6.70. The highest BCUT2D eigenvalue weighted by Crippen LogP contribution is 2.03. The van der Waals surface area contributed by atoms with Crippen molar-refractivity contribution < 1.29 is 14.7 Å². The van der Waals surface area contributed by atoms with Gasteiger partial charge in [-0.05, 0) is 19.9 Å². The van der Waals surface area contributed by atoms with E-state index in [4.69, 9.17) is 5.11 Å². The fraction of sp³-hybridized carbons (Fsp3) is 0.800. The zero-order valence-electron chi connectivity index (χ0n) is 9.62. The van der Waals surface area contributed by atoms with Crippen LogP contribution in [0.25, 0.3) is 0 Å². The number of nitrogens with one attached hydrogen (secondary N) is 1. The maximum absolute atomic E-state index is 11.3. The molecule has 0 saturated carbocycles. The Labute approximate surface area is 90.5 Å². The third-order valence-electron chi connectivity index (χ3n) is 2.24. The van der Waals surface area contributed by atoms with E-state index in [1.54, 1.807) is 11.8 Å². The fourth-order valence-electron chi connectivity index (χ4n) is 1.47. The summed E-state index contributed by atoms with van der Waals surface area (Å²) in [5, 5.41) is 11.6. The summed E-state index contributed by atoms with van der Waals surface area (Å²) in [5.74, 6) is -0.998. The second-order valence-corrected chi connectivity index (χ2v) is 3.28. The molecule has 0 aliphatic heterocycles. The summed E-state index contributed by atoms with van der Waals surface area (Å²) >= 11 is 0. The lowest BCUT2D eigenvalue weighted by Crippen LogP contribution is -2.46. The van der Waals surface area contributed by atoms with E-state index < -0.39 is 12.0 Å². The lowest BCUT2D eigenvalue weighted by atomic mass is 10.2. The number of carboxylic acids is 1. The van der Waals surface area contributed by atoms with Gasteiger partial charge in [-0.2, -0.15) is 0 Å². The molecule has 0 rings (SSSR count). The molecule has 0 aliphatic rings. The number of hydrogen-bond acceptors (Lipinski definition) is 3. The van der Waals surface area contributed by atoms with Crippen LogP contribution in [0, 0.1) is 0 Å². The molecule has 0 aromatic heterocycles. The maximum atomic E-state index is 11.3. The van der Waals surface area contributed by atoms with E-state index in [2.05, 4.69) is 5.32 Å². The van der Waals surface area contributed by atoms with Crippen LogP contribution < -0.4 is 5.32 Å². The topological polar surface area (TPSA) is 69.6 Å². The quantitative estimate of drug-likeness (QED) is 0.642. The minimum atomic E-state index is -0.872. The molecule has 1 amide bonds. The van der Waals surface area contributed by atoms with Crippen molar-refractivity contribution in [3.05, 3.63) is 0 Å². The van der Waals surface area contributed by atoms with Crippen LogP contribution in [0.4, 0.5) is 0 Å². The maximum Gasteiger partial charge on any atom is 0.320 e. The van der Waals surface area contributed by atoms with E-state index in [0.717, 1.165) is 0 Å². The molecule has 5 heteroatoms. The number of nitrogens with zero attached hydrogens (tertiary/aromatic N) is 1. The lowest BCUT2D eigenvalue weighted by molar-refractivity contribution is -0.144. The minimum Gasteiger partial charge on any atom is -0.480 e. The Morgan fingerprint density at radius 3 is 2.27 bits per heavy atom. The van der Waals surface area contributed by atoms with Crippen molar-refractivity contribution in [1.82, 2.24) is 10.2 Å². The van der Waals surface area contributed by atoms with E-state index in [0.29, 0.717) is 19.5 Å². The summed E-state index contributed by atoms with van der Waals surface area (Å²) in [6, 6.07) is -0.572. The van der Waals surface area contributed by atoms with Crippen LogP contribution in [-0.2, 0) is 9.59 Å². The molecule has 0 bridgehead atoms. The Balaban J connectivity index is 4.33. The normalized spacial score (nSPS) is 12.5. The summed E-state index contributed by atoms with van der Waals surface area (Å²) < 4.78 is 0. The molecule has 0 heterocycles. The molecule has 5 nitrogen and oxygen atoms in total. The van der Waals surface area contributed by atoms with Crippen molar-refractivity contribution >= 4 is 11.9 Å².